The Morgan fingerprint density at radius 2 is 0.661 bits per heavy atom. The summed E-state index contributed by atoms with van der Waals surface area (Å²) in [5.41, 5.74) is 15.6. The van der Waals surface area contributed by atoms with E-state index in [2.05, 4.69) is 73.3 Å². The third-order valence-electron chi connectivity index (χ3n) is 13.4. The van der Waals surface area contributed by atoms with Gasteiger partial charge < -0.3 is 9.80 Å². The van der Waals surface area contributed by atoms with Gasteiger partial charge in [0.15, 0.2) is 0 Å². The number of anilines is 2. The van der Waals surface area contributed by atoms with Gasteiger partial charge in [-0.05, 0) is 74.2 Å². The zero-order valence-corrected chi connectivity index (χ0v) is 33.9. The molecule has 4 aromatic heterocycles. The second-order valence-corrected chi connectivity index (χ2v) is 16.8. The first-order chi connectivity index (χ1) is 30.7. The number of benzene rings is 6. The predicted molar refractivity (Wildman–Crippen MR) is 238 cm³/mol. The van der Waals surface area contributed by atoms with E-state index in [1.165, 1.54) is 33.6 Å². The summed E-state index contributed by atoms with van der Waals surface area (Å²) in [6.07, 6.45) is 4.05. The molecule has 0 N–H and O–H groups in total. The average molecular weight is 815 g/mol. The van der Waals surface area contributed by atoms with E-state index in [9.17, 15) is 0 Å². The van der Waals surface area contributed by atoms with Crippen molar-refractivity contribution in [1.29, 1.82) is 0 Å². The monoisotopic (exact) mass is 814 g/mol. The van der Waals surface area contributed by atoms with Crippen molar-refractivity contribution in [3.63, 3.8) is 0 Å². The fourth-order valence-corrected chi connectivity index (χ4v) is 10.5. The Kier molecular flexibility index (Phi) is 8.00. The van der Waals surface area contributed by atoms with Gasteiger partial charge in [-0.3, -0.25) is 0 Å². The number of nitrogens with zero attached hydrogens (tertiary/aromatic N) is 14. The van der Waals surface area contributed by atoms with E-state index < -0.39 is 0 Å². The fraction of sp³-hybridized carbons (Fsp3) is 0.250. The van der Waals surface area contributed by atoms with E-state index >= 15 is 0 Å². The maximum atomic E-state index is 4.80. The van der Waals surface area contributed by atoms with Crippen LogP contribution in [0.1, 0.15) is 72.1 Å². The third kappa shape index (κ3) is 5.62. The Morgan fingerprint density at radius 1 is 0.339 bits per heavy atom. The van der Waals surface area contributed by atoms with E-state index in [0.717, 1.165) is 96.0 Å². The molecule has 8 heterocycles. The van der Waals surface area contributed by atoms with Gasteiger partial charge in [-0.25, -0.2) is 4.68 Å². The maximum absolute atomic E-state index is 4.80. The summed E-state index contributed by atoms with van der Waals surface area (Å²) in [7, 11) is 0. The Hall–Kier alpha value is -7.48. The molecule has 4 atom stereocenters. The lowest BCUT2D eigenvalue weighted by Gasteiger charge is -2.42. The Bertz CT molecular complexity index is 3090. The lowest BCUT2D eigenvalue weighted by Crippen LogP contribution is -2.40. The molecule has 6 aromatic carbocycles. The van der Waals surface area contributed by atoms with E-state index in [1.807, 2.05) is 99.3 Å². The number of rotatable bonds is 4. The predicted octanol–water partition coefficient (Wildman–Crippen LogP) is 7.94. The van der Waals surface area contributed by atoms with E-state index in [4.69, 9.17) is 30.6 Å². The minimum absolute atomic E-state index is 0.141. The largest absolute Gasteiger partial charge is 0.371 e. The van der Waals surface area contributed by atoms with Gasteiger partial charge in [0, 0.05) is 59.8 Å². The van der Waals surface area contributed by atoms with Crippen LogP contribution in [-0.2, 0) is 0 Å². The highest BCUT2D eigenvalue weighted by Crippen LogP contribution is 2.47. The molecule has 0 aliphatic carbocycles. The molecule has 0 amide bonds. The minimum Gasteiger partial charge on any atom is -0.371 e. The second-order valence-electron chi connectivity index (χ2n) is 16.8. The summed E-state index contributed by atoms with van der Waals surface area (Å²) in [6, 6.07) is 46.4. The molecular weight excluding hydrogens is 773 g/mol. The summed E-state index contributed by atoms with van der Waals surface area (Å²) in [6.45, 7) is 4.04. The summed E-state index contributed by atoms with van der Waals surface area (Å²) < 4.78 is 2.10. The summed E-state index contributed by atoms with van der Waals surface area (Å²) >= 11 is 0. The standard InChI is InChI=1S/2C24H21N7/c1-2-9-19-18(8-1)26-31(27-19)22-13-15-29-14-12-21(16-6-5-7-17(22)24(16)29)30-23-11-4-3-10-20(23)25-28-30;1-2-9-19-18(8-1)25-30(26-19)22-12-14-29-15-13-23(17-7-5-6-16(22)24(17)29)31-27-20-10-3-4-11-21(20)28-31/h1-11,21-22H,12-15H2;1-11,22-23H,12-15H2. The molecule has 0 radical (unpaired) electrons. The van der Waals surface area contributed by atoms with Crippen LogP contribution in [0.2, 0.25) is 0 Å². The minimum atomic E-state index is 0.141. The topological polar surface area (TPSA) is 129 Å². The quantitative estimate of drug-likeness (QED) is 0.173. The van der Waals surface area contributed by atoms with Crippen molar-refractivity contribution in [2.24, 2.45) is 0 Å². The van der Waals surface area contributed by atoms with Gasteiger partial charge in [0.25, 0.3) is 0 Å². The molecule has 62 heavy (non-hydrogen) atoms. The molecule has 4 aliphatic rings. The van der Waals surface area contributed by atoms with Crippen molar-refractivity contribution in [2.45, 2.75) is 49.9 Å². The molecular formula is C48H42N14. The average Bonchev–Trinajstić information content (AvgIpc) is 4.15. The second kappa shape index (κ2) is 14.0. The summed E-state index contributed by atoms with van der Waals surface area (Å²) in [5.74, 6) is 0. The maximum Gasteiger partial charge on any atom is 0.113 e. The molecule has 10 aromatic rings. The van der Waals surface area contributed by atoms with Crippen LogP contribution >= 0.6 is 0 Å². The molecule has 0 spiro atoms. The van der Waals surface area contributed by atoms with Crippen LogP contribution in [0.3, 0.4) is 0 Å². The van der Waals surface area contributed by atoms with Crippen LogP contribution in [0.5, 0.6) is 0 Å². The number of aromatic nitrogens is 12. The van der Waals surface area contributed by atoms with Crippen molar-refractivity contribution in [3.8, 4) is 0 Å². The molecule has 304 valence electrons. The third-order valence-corrected chi connectivity index (χ3v) is 13.4. The molecule has 14 nitrogen and oxygen atoms in total. The normalized spacial score (nSPS) is 20.3. The smallest absolute Gasteiger partial charge is 0.113 e. The van der Waals surface area contributed by atoms with Crippen molar-refractivity contribution in [2.75, 3.05) is 36.0 Å². The molecule has 0 bridgehead atoms. The van der Waals surface area contributed by atoms with E-state index in [1.54, 1.807) is 0 Å². The Morgan fingerprint density at radius 3 is 1.05 bits per heavy atom. The van der Waals surface area contributed by atoms with E-state index in [0.29, 0.717) is 0 Å². The van der Waals surface area contributed by atoms with Gasteiger partial charge in [-0.1, -0.05) is 90.1 Å². The van der Waals surface area contributed by atoms with Crippen LogP contribution in [0.4, 0.5) is 11.4 Å². The van der Waals surface area contributed by atoms with Crippen molar-refractivity contribution in [3.05, 3.63) is 156 Å². The van der Waals surface area contributed by atoms with Crippen molar-refractivity contribution >= 4 is 55.5 Å². The number of hydrogen-bond donors (Lipinski definition) is 0. The van der Waals surface area contributed by atoms with Gasteiger partial charge in [-0.15, -0.1) is 5.10 Å². The zero-order valence-electron chi connectivity index (χ0n) is 33.9. The molecule has 14 heteroatoms. The molecule has 4 unspecified atom stereocenters. The molecule has 0 fully saturated rings. The lowest BCUT2D eigenvalue weighted by molar-refractivity contribution is 0.389. The van der Waals surface area contributed by atoms with Crippen LogP contribution in [0.15, 0.2) is 133 Å². The molecule has 0 saturated carbocycles. The lowest BCUT2D eigenvalue weighted by atomic mass is 9.87. The first-order valence-electron chi connectivity index (χ1n) is 21.7. The van der Waals surface area contributed by atoms with Crippen LogP contribution in [0, 0.1) is 0 Å². The number of para-hydroxylation sites is 3. The molecule has 4 aliphatic heterocycles. The van der Waals surface area contributed by atoms with Gasteiger partial charge >= 0.3 is 0 Å². The van der Waals surface area contributed by atoms with Crippen LogP contribution in [-0.4, -0.2) is 86.2 Å². The van der Waals surface area contributed by atoms with Crippen LogP contribution in [0.25, 0.3) is 44.1 Å². The van der Waals surface area contributed by atoms with Gasteiger partial charge in [0.2, 0.25) is 0 Å². The van der Waals surface area contributed by atoms with Gasteiger partial charge in [0.1, 0.15) is 56.7 Å². The first-order valence-corrected chi connectivity index (χ1v) is 21.7. The number of hydrogen-bond acceptors (Lipinski definition) is 10. The highest BCUT2D eigenvalue weighted by atomic mass is 15.5. The summed E-state index contributed by atoms with van der Waals surface area (Å²) in [4.78, 5) is 10.8. The SMILES string of the molecule is c1cc2c3c(c1)C(n1nc4ccccc4n1)CCN3CCC2n1nc2ccccc2n1.c1cc2c3c(c1)C(n1nnc4ccccc41)CCN3CCC2n1nc2ccccc2n1. The van der Waals surface area contributed by atoms with Crippen LogP contribution < -0.4 is 9.80 Å². The number of fused-ring (bicyclic) bond motifs is 4. The van der Waals surface area contributed by atoms with Crippen molar-refractivity contribution < 1.29 is 0 Å². The first kappa shape index (κ1) is 35.3. The van der Waals surface area contributed by atoms with Gasteiger partial charge in [-0.2, -0.15) is 45.0 Å². The highest BCUT2D eigenvalue weighted by Gasteiger charge is 2.38. The molecule has 14 rings (SSSR count). The zero-order chi connectivity index (χ0) is 40.7. The summed E-state index contributed by atoms with van der Waals surface area (Å²) in [5, 5.41) is 37.7. The highest BCUT2D eigenvalue weighted by molar-refractivity contribution is 5.77. The van der Waals surface area contributed by atoms with E-state index in [-0.39, 0.29) is 24.2 Å². The Balaban J connectivity index is 0.000000126. The van der Waals surface area contributed by atoms with Gasteiger partial charge in [0.05, 0.1) is 11.6 Å². The van der Waals surface area contributed by atoms with Crippen molar-refractivity contribution in [1.82, 2.24) is 60.0 Å². The molecule has 0 saturated heterocycles. The Labute approximate surface area is 356 Å². The fourth-order valence-electron chi connectivity index (χ4n) is 10.5.